The van der Waals surface area contributed by atoms with E-state index >= 15 is 0 Å². The largest absolute Gasteiger partial charge is 0.370 e. The Labute approximate surface area is 143 Å². The monoisotopic (exact) mass is 339 g/mol. The van der Waals surface area contributed by atoms with Crippen molar-refractivity contribution in [3.8, 4) is 6.07 Å². The molecule has 0 spiro atoms. The summed E-state index contributed by atoms with van der Waals surface area (Å²) >= 11 is 1.64. The number of nitriles is 1. The van der Waals surface area contributed by atoms with E-state index in [4.69, 9.17) is 5.26 Å². The van der Waals surface area contributed by atoms with E-state index < -0.39 is 0 Å². The van der Waals surface area contributed by atoms with E-state index in [9.17, 15) is 0 Å². The van der Waals surface area contributed by atoms with Crippen LogP contribution >= 0.6 is 11.3 Å². The van der Waals surface area contributed by atoms with Gasteiger partial charge in [-0.1, -0.05) is 11.3 Å². The molecule has 4 rings (SSSR count). The minimum Gasteiger partial charge on any atom is -0.370 e. The van der Waals surface area contributed by atoms with Gasteiger partial charge in [-0.3, -0.25) is 0 Å². The highest BCUT2D eigenvalue weighted by Gasteiger charge is 2.25. The van der Waals surface area contributed by atoms with Crippen molar-refractivity contribution in [1.29, 1.82) is 5.26 Å². The molecule has 1 aliphatic rings. The molecule has 7 nitrogen and oxygen atoms in total. The standard InChI is InChI=1S/C16H17N7S/c1-11-9-23-15(20-11)24-16(21-23)22-5-4-13(10-22)8-19-14-3-2-12(6-17)7-18-14/h2-3,7,9,13H,4-5,8,10H2,1H3,(H,18,19)/t13-/m1/s1. The highest BCUT2D eigenvalue weighted by atomic mass is 32.1. The van der Waals surface area contributed by atoms with Crippen molar-refractivity contribution in [2.75, 3.05) is 29.9 Å². The first kappa shape index (κ1) is 14.9. The molecule has 1 aliphatic heterocycles. The van der Waals surface area contributed by atoms with Crippen LogP contribution in [0.5, 0.6) is 0 Å². The average molecular weight is 339 g/mol. The van der Waals surface area contributed by atoms with Gasteiger partial charge in [-0.25, -0.2) is 14.5 Å². The summed E-state index contributed by atoms with van der Waals surface area (Å²) in [5, 5.41) is 17.8. The normalized spacial score (nSPS) is 17.3. The van der Waals surface area contributed by atoms with Crippen LogP contribution in [0.1, 0.15) is 17.7 Å². The van der Waals surface area contributed by atoms with E-state index in [1.165, 1.54) is 0 Å². The summed E-state index contributed by atoms with van der Waals surface area (Å²) in [7, 11) is 0. The molecule has 0 bridgehead atoms. The second kappa shape index (κ2) is 6.09. The smallest absolute Gasteiger partial charge is 0.214 e. The second-order valence-corrected chi connectivity index (χ2v) is 6.95. The quantitative estimate of drug-likeness (QED) is 0.785. The van der Waals surface area contributed by atoms with Crippen LogP contribution in [0.25, 0.3) is 4.96 Å². The number of pyridine rings is 1. The third-order valence-corrected chi connectivity index (χ3v) is 5.16. The van der Waals surface area contributed by atoms with Gasteiger partial charge in [0.15, 0.2) is 0 Å². The summed E-state index contributed by atoms with van der Waals surface area (Å²) < 4.78 is 1.86. The fourth-order valence-electron chi connectivity index (χ4n) is 2.91. The number of rotatable bonds is 4. The van der Waals surface area contributed by atoms with Crippen LogP contribution in [0.3, 0.4) is 0 Å². The SMILES string of the molecule is Cc1cn2nc(N3CC[C@H](CNc4ccc(C#N)cn4)C3)sc2n1. The van der Waals surface area contributed by atoms with Gasteiger partial charge in [-0.2, -0.15) is 5.26 Å². The van der Waals surface area contributed by atoms with Gasteiger partial charge >= 0.3 is 0 Å². The van der Waals surface area contributed by atoms with Gasteiger partial charge in [0.25, 0.3) is 0 Å². The van der Waals surface area contributed by atoms with E-state index in [1.54, 1.807) is 23.6 Å². The summed E-state index contributed by atoms with van der Waals surface area (Å²) in [5.41, 5.74) is 1.58. The van der Waals surface area contributed by atoms with Crippen molar-refractivity contribution in [2.45, 2.75) is 13.3 Å². The van der Waals surface area contributed by atoms with Gasteiger partial charge in [0.05, 0.1) is 17.5 Å². The maximum Gasteiger partial charge on any atom is 0.214 e. The Morgan fingerprint density at radius 3 is 3.12 bits per heavy atom. The summed E-state index contributed by atoms with van der Waals surface area (Å²) in [4.78, 5) is 12.0. The molecule has 0 saturated carbocycles. The number of hydrogen-bond acceptors (Lipinski definition) is 7. The molecule has 1 atom stereocenters. The zero-order valence-corrected chi connectivity index (χ0v) is 14.1. The van der Waals surface area contributed by atoms with Gasteiger partial charge in [-0.05, 0) is 31.4 Å². The molecule has 1 saturated heterocycles. The Bertz CT molecular complexity index is 858. The molecule has 4 heterocycles. The lowest BCUT2D eigenvalue weighted by Crippen LogP contribution is -2.22. The minimum absolute atomic E-state index is 0.556. The zero-order chi connectivity index (χ0) is 16.5. The molecule has 0 unspecified atom stereocenters. The van der Waals surface area contributed by atoms with Crippen molar-refractivity contribution in [1.82, 2.24) is 19.6 Å². The molecular weight excluding hydrogens is 322 g/mol. The Kier molecular flexibility index (Phi) is 3.78. The highest BCUT2D eigenvalue weighted by Crippen LogP contribution is 2.28. The highest BCUT2D eigenvalue weighted by molar-refractivity contribution is 7.20. The van der Waals surface area contributed by atoms with Crippen molar-refractivity contribution in [3.63, 3.8) is 0 Å². The number of aryl methyl sites for hydroxylation is 1. The molecule has 0 aromatic carbocycles. The minimum atomic E-state index is 0.556. The lowest BCUT2D eigenvalue weighted by Gasteiger charge is -2.15. The van der Waals surface area contributed by atoms with Gasteiger partial charge in [0.2, 0.25) is 10.1 Å². The molecule has 1 N–H and O–H groups in total. The summed E-state index contributed by atoms with van der Waals surface area (Å²) in [6.07, 6.45) is 4.68. The molecular formula is C16H17N7S. The lowest BCUT2D eigenvalue weighted by molar-refractivity contribution is 0.621. The molecule has 24 heavy (non-hydrogen) atoms. The van der Waals surface area contributed by atoms with E-state index in [2.05, 4.69) is 31.4 Å². The van der Waals surface area contributed by atoms with Crippen LogP contribution in [0.4, 0.5) is 10.9 Å². The maximum atomic E-state index is 8.79. The molecule has 3 aromatic rings. The molecule has 0 aliphatic carbocycles. The van der Waals surface area contributed by atoms with Gasteiger partial charge < -0.3 is 10.2 Å². The van der Waals surface area contributed by atoms with Gasteiger partial charge in [0, 0.05) is 25.8 Å². The Balaban J connectivity index is 1.35. The van der Waals surface area contributed by atoms with E-state index in [-0.39, 0.29) is 0 Å². The number of nitrogens with zero attached hydrogens (tertiary/aromatic N) is 6. The third-order valence-electron chi connectivity index (χ3n) is 4.17. The number of anilines is 2. The molecule has 3 aromatic heterocycles. The second-order valence-electron chi connectivity index (χ2n) is 6.02. The topological polar surface area (TPSA) is 82.1 Å². The molecule has 8 heteroatoms. The van der Waals surface area contributed by atoms with Crippen molar-refractivity contribution < 1.29 is 0 Å². The van der Waals surface area contributed by atoms with Crippen molar-refractivity contribution >= 4 is 27.2 Å². The third kappa shape index (κ3) is 2.90. The Morgan fingerprint density at radius 2 is 2.38 bits per heavy atom. The number of imidazole rings is 1. The first-order valence-corrected chi connectivity index (χ1v) is 8.71. The number of nitrogens with one attached hydrogen (secondary N) is 1. The van der Waals surface area contributed by atoms with E-state index in [0.29, 0.717) is 11.5 Å². The van der Waals surface area contributed by atoms with Crippen molar-refractivity contribution in [3.05, 3.63) is 35.8 Å². The van der Waals surface area contributed by atoms with E-state index in [1.807, 2.05) is 23.7 Å². The molecule has 0 amide bonds. The lowest BCUT2D eigenvalue weighted by atomic mass is 10.1. The predicted octanol–water partition coefficient (Wildman–Crippen LogP) is 2.30. The van der Waals surface area contributed by atoms with Crippen LogP contribution in [-0.4, -0.2) is 39.2 Å². The fraction of sp³-hybridized carbons (Fsp3) is 0.375. The van der Waals surface area contributed by atoms with Gasteiger partial charge in [0.1, 0.15) is 11.9 Å². The van der Waals surface area contributed by atoms with Crippen molar-refractivity contribution in [2.24, 2.45) is 5.92 Å². The van der Waals surface area contributed by atoms with E-state index in [0.717, 1.165) is 47.7 Å². The van der Waals surface area contributed by atoms with Crippen LogP contribution in [0.15, 0.2) is 24.5 Å². The number of fused-ring (bicyclic) bond motifs is 1. The summed E-state index contributed by atoms with van der Waals surface area (Å²) in [5.74, 6) is 1.37. The fourth-order valence-corrected chi connectivity index (χ4v) is 3.88. The predicted molar refractivity (Wildman–Crippen MR) is 93.4 cm³/mol. The molecule has 122 valence electrons. The summed E-state index contributed by atoms with van der Waals surface area (Å²) in [6, 6.07) is 5.71. The number of aromatic nitrogens is 4. The summed E-state index contributed by atoms with van der Waals surface area (Å²) in [6.45, 7) is 4.86. The van der Waals surface area contributed by atoms with Crippen LogP contribution in [-0.2, 0) is 0 Å². The average Bonchev–Trinajstić information content (AvgIpc) is 3.27. The first-order valence-electron chi connectivity index (χ1n) is 7.89. The Morgan fingerprint density at radius 1 is 1.46 bits per heavy atom. The molecule has 0 radical (unpaired) electrons. The van der Waals surface area contributed by atoms with Crippen LogP contribution in [0, 0.1) is 24.2 Å². The van der Waals surface area contributed by atoms with Crippen LogP contribution < -0.4 is 10.2 Å². The Hall–Kier alpha value is -2.66. The number of hydrogen-bond donors (Lipinski definition) is 1. The van der Waals surface area contributed by atoms with Gasteiger partial charge in [-0.15, -0.1) is 5.10 Å². The molecule has 1 fully saturated rings. The first-order chi connectivity index (χ1) is 11.7. The van der Waals surface area contributed by atoms with Crippen LogP contribution in [0.2, 0.25) is 0 Å². The maximum absolute atomic E-state index is 8.79. The zero-order valence-electron chi connectivity index (χ0n) is 13.3.